The average molecular weight is 301 g/mol. The maximum absolute atomic E-state index is 12.5. The van der Waals surface area contributed by atoms with Gasteiger partial charge in [-0.2, -0.15) is 13.2 Å². The van der Waals surface area contributed by atoms with Gasteiger partial charge in [-0.15, -0.1) is 10.2 Å². The smallest absolute Gasteiger partial charge is 0.445 e. The quantitative estimate of drug-likeness (QED) is 0.893. The summed E-state index contributed by atoms with van der Waals surface area (Å²) in [7, 11) is 0. The molecule has 0 saturated heterocycles. The van der Waals surface area contributed by atoms with Gasteiger partial charge in [0.05, 0.1) is 6.04 Å². The van der Waals surface area contributed by atoms with E-state index in [1.165, 1.54) is 0 Å². The minimum absolute atomic E-state index is 0.138. The number of phenols is 1. The monoisotopic (exact) mass is 301 g/mol. The van der Waals surface area contributed by atoms with E-state index in [1.807, 2.05) is 6.07 Å². The summed E-state index contributed by atoms with van der Waals surface area (Å²) >= 11 is 0.485. The lowest BCUT2D eigenvalue weighted by atomic mass is 10.1. The molecule has 0 fully saturated rings. The van der Waals surface area contributed by atoms with E-state index in [9.17, 15) is 18.3 Å². The van der Waals surface area contributed by atoms with Crippen LogP contribution in [0.15, 0.2) is 18.2 Å². The normalized spacial score (nSPS) is 18.1. The largest absolute Gasteiger partial charge is 0.508 e. The van der Waals surface area contributed by atoms with E-state index in [1.54, 1.807) is 12.1 Å². The van der Waals surface area contributed by atoms with Crippen LogP contribution >= 0.6 is 11.3 Å². The van der Waals surface area contributed by atoms with E-state index in [0.29, 0.717) is 24.2 Å². The third-order valence-electron chi connectivity index (χ3n) is 3.21. The Morgan fingerprint density at radius 3 is 2.80 bits per heavy atom. The molecule has 0 radical (unpaired) electrons. The van der Waals surface area contributed by atoms with Gasteiger partial charge in [0.2, 0.25) is 10.1 Å². The molecule has 2 aromatic rings. The number of nitrogens with one attached hydrogen (secondary N) is 1. The molecule has 0 aliphatic heterocycles. The number of anilines is 1. The Hall–Kier alpha value is -1.83. The maximum Gasteiger partial charge on any atom is 0.445 e. The predicted octanol–water partition coefficient (Wildman–Crippen LogP) is 3.36. The second-order valence-electron chi connectivity index (χ2n) is 4.49. The number of alkyl halides is 3. The number of fused-ring (bicyclic) bond motifs is 1. The summed E-state index contributed by atoms with van der Waals surface area (Å²) in [6, 6.07) is 5.03. The second kappa shape index (κ2) is 4.62. The summed E-state index contributed by atoms with van der Waals surface area (Å²) in [6.45, 7) is 0. The van der Waals surface area contributed by atoms with Gasteiger partial charge in [0.15, 0.2) is 0 Å². The topological polar surface area (TPSA) is 58.0 Å². The summed E-state index contributed by atoms with van der Waals surface area (Å²) < 4.78 is 37.4. The molecular weight excluding hydrogens is 291 g/mol. The van der Waals surface area contributed by atoms with Crippen molar-refractivity contribution >= 4 is 16.5 Å². The number of nitrogens with zero attached hydrogens (tertiary/aromatic N) is 2. The molecule has 2 N–H and O–H groups in total. The van der Waals surface area contributed by atoms with Crippen LogP contribution in [-0.4, -0.2) is 15.3 Å². The standard InChI is InChI=1S/C12H10F3N3OS/c13-12(14,15)10-17-18-11(20-10)16-8-5-4-7-6(8)2-1-3-9(7)19/h1-3,8,19H,4-5H2,(H,16,18). The van der Waals surface area contributed by atoms with Crippen molar-refractivity contribution in [3.8, 4) is 5.75 Å². The molecule has 1 aromatic carbocycles. The molecule has 1 aromatic heterocycles. The Balaban J connectivity index is 1.81. The molecule has 0 bridgehead atoms. The molecule has 0 spiro atoms. The second-order valence-corrected chi connectivity index (χ2v) is 5.47. The van der Waals surface area contributed by atoms with Crippen LogP contribution in [0.5, 0.6) is 5.75 Å². The van der Waals surface area contributed by atoms with Gasteiger partial charge in [0.25, 0.3) is 0 Å². The number of hydrogen-bond acceptors (Lipinski definition) is 5. The van der Waals surface area contributed by atoms with E-state index in [4.69, 9.17) is 0 Å². The predicted molar refractivity (Wildman–Crippen MR) is 67.7 cm³/mol. The molecule has 4 nitrogen and oxygen atoms in total. The van der Waals surface area contributed by atoms with Crippen LogP contribution in [0.4, 0.5) is 18.3 Å². The van der Waals surface area contributed by atoms with Gasteiger partial charge in [-0.1, -0.05) is 23.5 Å². The first-order chi connectivity index (χ1) is 9.45. The van der Waals surface area contributed by atoms with Crippen molar-refractivity contribution in [2.24, 2.45) is 0 Å². The summed E-state index contributed by atoms with van der Waals surface area (Å²) in [6.07, 6.45) is -3.08. The van der Waals surface area contributed by atoms with Crippen LogP contribution in [-0.2, 0) is 12.6 Å². The molecule has 3 rings (SSSR count). The Bertz CT molecular complexity index is 641. The summed E-state index contributed by atoms with van der Waals surface area (Å²) in [5.41, 5.74) is 1.74. The summed E-state index contributed by atoms with van der Waals surface area (Å²) in [5.74, 6) is 0.222. The Kier molecular flexibility index (Phi) is 3.04. The number of aromatic nitrogens is 2. The number of phenolic OH excluding ortho intramolecular Hbond substituents is 1. The van der Waals surface area contributed by atoms with Crippen LogP contribution in [0.25, 0.3) is 0 Å². The van der Waals surface area contributed by atoms with Crippen molar-refractivity contribution in [1.82, 2.24) is 10.2 Å². The molecule has 1 unspecified atom stereocenters. The van der Waals surface area contributed by atoms with Gasteiger partial charge < -0.3 is 10.4 Å². The third-order valence-corrected chi connectivity index (χ3v) is 4.11. The first kappa shape index (κ1) is 13.2. The van der Waals surface area contributed by atoms with E-state index in [0.717, 1.165) is 11.1 Å². The van der Waals surface area contributed by atoms with Gasteiger partial charge in [0, 0.05) is 0 Å². The highest BCUT2D eigenvalue weighted by Gasteiger charge is 2.36. The molecule has 0 amide bonds. The first-order valence-corrected chi connectivity index (χ1v) is 6.75. The Morgan fingerprint density at radius 2 is 2.10 bits per heavy atom. The summed E-state index contributed by atoms with van der Waals surface area (Å²) in [4.78, 5) is 0. The van der Waals surface area contributed by atoms with Crippen LogP contribution in [0.3, 0.4) is 0 Å². The number of aromatic hydroxyl groups is 1. The van der Waals surface area contributed by atoms with Crippen molar-refractivity contribution in [1.29, 1.82) is 0 Å². The molecule has 1 heterocycles. The lowest BCUT2D eigenvalue weighted by Gasteiger charge is -2.12. The average Bonchev–Trinajstić information content (AvgIpc) is 2.98. The van der Waals surface area contributed by atoms with Gasteiger partial charge >= 0.3 is 6.18 Å². The maximum atomic E-state index is 12.5. The van der Waals surface area contributed by atoms with Crippen molar-refractivity contribution in [2.75, 3.05) is 5.32 Å². The molecule has 0 saturated carbocycles. The highest BCUT2D eigenvalue weighted by Crippen LogP contribution is 2.39. The Morgan fingerprint density at radius 1 is 1.30 bits per heavy atom. The zero-order valence-electron chi connectivity index (χ0n) is 10.1. The summed E-state index contributed by atoms with van der Waals surface area (Å²) in [5, 5.41) is 18.5. The molecule has 20 heavy (non-hydrogen) atoms. The van der Waals surface area contributed by atoms with Crippen molar-refractivity contribution in [3.05, 3.63) is 34.3 Å². The number of hydrogen-bond donors (Lipinski definition) is 2. The molecular formula is C12H10F3N3OS. The van der Waals surface area contributed by atoms with Gasteiger partial charge in [-0.25, -0.2) is 0 Å². The zero-order chi connectivity index (χ0) is 14.3. The lowest BCUT2D eigenvalue weighted by Crippen LogP contribution is -2.06. The molecule has 106 valence electrons. The van der Waals surface area contributed by atoms with Crippen molar-refractivity contribution < 1.29 is 18.3 Å². The number of benzene rings is 1. The fourth-order valence-corrected chi connectivity index (χ4v) is 2.99. The highest BCUT2D eigenvalue weighted by molar-refractivity contribution is 7.15. The highest BCUT2D eigenvalue weighted by atomic mass is 32.1. The molecule has 8 heteroatoms. The lowest BCUT2D eigenvalue weighted by molar-refractivity contribution is -0.138. The molecule has 1 aliphatic rings. The minimum atomic E-state index is -4.47. The SMILES string of the molecule is Oc1cccc2c1CCC2Nc1nnc(C(F)(F)F)s1. The van der Waals surface area contributed by atoms with E-state index in [2.05, 4.69) is 15.5 Å². The van der Waals surface area contributed by atoms with Gasteiger partial charge in [0.1, 0.15) is 5.75 Å². The van der Waals surface area contributed by atoms with Crippen LogP contribution in [0.1, 0.15) is 28.6 Å². The van der Waals surface area contributed by atoms with Crippen molar-refractivity contribution in [2.45, 2.75) is 25.1 Å². The first-order valence-electron chi connectivity index (χ1n) is 5.93. The van der Waals surface area contributed by atoms with Gasteiger partial charge in [-0.3, -0.25) is 0 Å². The fraction of sp³-hybridized carbons (Fsp3) is 0.333. The molecule has 1 atom stereocenters. The minimum Gasteiger partial charge on any atom is -0.508 e. The van der Waals surface area contributed by atoms with E-state index in [-0.39, 0.29) is 16.9 Å². The zero-order valence-corrected chi connectivity index (χ0v) is 10.9. The van der Waals surface area contributed by atoms with Gasteiger partial charge in [-0.05, 0) is 30.0 Å². The van der Waals surface area contributed by atoms with Crippen molar-refractivity contribution in [3.63, 3.8) is 0 Å². The van der Waals surface area contributed by atoms with E-state index >= 15 is 0 Å². The third kappa shape index (κ3) is 2.31. The van der Waals surface area contributed by atoms with Crippen LogP contribution in [0.2, 0.25) is 0 Å². The van der Waals surface area contributed by atoms with E-state index < -0.39 is 11.2 Å². The number of rotatable bonds is 2. The fourth-order valence-electron chi connectivity index (χ4n) is 2.33. The van der Waals surface area contributed by atoms with Crippen LogP contribution < -0.4 is 5.32 Å². The Labute approximate surface area is 116 Å². The molecule has 1 aliphatic carbocycles. The number of halogens is 3. The van der Waals surface area contributed by atoms with Crippen LogP contribution in [0, 0.1) is 0 Å².